The number of hydrogen-bond donors (Lipinski definition) is 2. The fourth-order valence-electron chi connectivity index (χ4n) is 0.619. The molecule has 0 radical (unpaired) electrons. The van der Waals surface area contributed by atoms with Crippen molar-refractivity contribution in [2.45, 2.75) is 12.8 Å². The van der Waals surface area contributed by atoms with Gasteiger partial charge in [-0.25, -0.2) is 0 Å². The van der Waals surface area contributed by atoms with E-state index in [0.717, 1.165) is 0 Å². The fraction of sp³-hybridized carbons (Fsp3) is 0.400. The Morgan fingerprint density at radius 2 is 1.63 bits per heavy atom. The lowest BCUT2D eigenvalue weighted by atomic mass is 10.3. The molecule has 0 atom stereocenters. The maximum Gasteiger partial charge on any atom is 0.448 e. The molecule has 0 bridgehead atoms. The topological polar surface area (TPSA) is 133 Å². The van der Waals surface area contributed by atoms with E-state index in [-0.39, 0.29) is 6.42 Å². The van der Waals surface area contributed by atoms with E-state index in [4.69, 9.17) is 9.29 Å². The van der Waals surface area contributed by atoms with Gasteiger partial charge in [-0.15, -0.1) is 13.2 Å². The molecule has 9 heteroatoms. The Bertz CT molecular complexity index is 394. The van der Waals surface area contributed by atoms with Gasteiger partial charge in [0, 0.05) is 6.42 Å². The van der Waals surface area contributed by atoms with Gasteiger partial charge in [0.15, 0.2) is 0 Å². The highest BCUT2D eigenvalue weighted by Gasteiger charge is 2.13. The summed E-state index contributed by atoms with van der Waals surface area (Å²) in [6, 6.07) is 0. The number of ether oxygens (including phenoxy) is 1. The van der Waals surface area contributed by atoms with Gasteiger partial charge in [0.1, 0.15) is 0 Å². The summed E-state index contributed by atoms with van der Waals surface area (Å²) in [6.45, 7) is 8.18. The van der Waals surface area contributed by atoms with Crippen LogP contribution in [0.4, 0.5) is 0 Å². The van der Waals surface area contributed by atoms with Crippen molar-refractivity contribution in [1.82, 2.24) is 0 Å². The summed E-state index contributed by atoms with van der Waals surface area (Å²) in [5.74, 6) is -1.99. The van der Waals surface area contributed by atoms with Crippen LogP contribution in [0.15, 0.2) is 25.3 Å². The maximum absolute atomic E-state index is 10.4. The van der Waals surface area contributed by atoms with Crippen molar-refractivity contribution in [1.29, 1.82) is 0 Å². The predicted octanol–water partition coefficient (Wildman–Crippen LogP) is -0.0271. The van der Waals surface area contributed by atoms with Crippen LogP contribution in [0, 0.1) is 0 Å². The second kappa shape index (κ2) is 11.4. The Morgan fingerprint density at radius 1 is 1.16 bits per heavy atom. The monoisotopic (exact) mass is 295 g/mol. The second-order valence-corrected chi connectivity index (χ2v) is 3.99. The van der Waals surface area contributed by atoms with Crippen molar-refractivity contribution in [3.05, 3.63) is 25.3 Å². The van der Waals surface area contributed by atoms with E-state index >= 15 is 0 Å². The van der Waals surface area contributed by atoms with E-state index in [1.165, 1.54) is 0 Å². The average Bonchev–Trinajstić information content (AvgIpc) is 2.26. The number of carbonyl (C=O) groups excluding carboxylic acids is 2. The molecule has 0 fully saturated rings. The zero-order valence-corrected chi connectivity index (χ0v) is 11.1. The summed E-state index contributed by atoms with van der Waals surface area (Å²) in [7, 11) is -4.77. The van der Waals surface area contributed by atoms with Gasteiger partial charge in [0.25, 0.3) is 0 Å². The second-order valence-electron chi connectivity index (χ2n) is 2.96. The lowest BCUT2D eigenvalue weighted by molar-refractivity contribution is -0.136. The third kappa shape index (κ3) is 22.0. The lowest BCUT2D eigenvalue weighted by Gasteiger charge is -1.97. The number of primary amides is 1. The SMILES string of the molecule is C=CCOCC=C.NC(=O)CCC(=O)OS(=O)(=O)O. The maximum atomic E-state index is 10.4. The highest BCUT2D eigenvalue weighted by molar-refractivity contribution is 7.81. The number of amides is 1. The van der Waals surface area contributed by atoms with E-state index in [0.29, 0.717) is 13.2 Å². The summed E-state index contributed by atoms with van der Waals surface area (Å²) in [5, 5.41) is 0. The van der Waals surface area contributed by atoms with Gasteiger partial charge in [-0.05, 0) is 0 Å². The first kappa shape index (κ1) is 19.6. The van der Waals surface area contributed by atoms with Gasteiger partial charge in [-0.2, -0.15) is 8.42 Å². The summed E-state index contributed by atoms with van der Waals surface area (Å²) < 4.78 is 36.1. The normalized spacial score (nSPS) is 9.74. The van der Waals surface area contributed by atoms with Gasteiger partial charge in [0.05, 0.1) is 19.6 Å². The molecule has 0 spiro atoms. The van der Waals surface area contributed by atoms with Crippen molar-refractivity contribution in [2.24, 2.45) is 5.73 Å². The van der Waals surface area contributed by atoms with E-state index in [9.17, 15) is 18.0 Å². The predicted molar refractivity (Wildman–Crippen MR) is 67.3 cm³/mol. The summed E-state index contributed by atoms with van der Waals surface area (Å²) in [6.07, 6.45) is 2.62. The van der Waals surface area contributed by atoms with Crippen molar-refractivity contribution in [3.8, 4) is 0 Å². The first-order valence-corrected chi connectivity index (χ1v) is 6.37. The van der Waals surface area contributed by atoms with Crippen LogP contribution in [0.3, 0.4) is 0 Å². The molecule has 0 heterocycles. The van der Waals surface area contributed by atoms with Gasteiger partial charge in [-0.1, -0.05) is 12.2 Å². The highest BCUT2D eigenvalue weighted by atomic mass is 32.3. The number of nitrogens with two attached hydrogens (primary N) is 1. The fourth-order valence-corrected chi connectivity index (χ4v) is 0.937. The molecule has 0 aromatic rings. The van der Waals surface area contributed by atoms with Gasteiger partial charge in [0.2, 0.25) is 5.91 Å². The van der Waals surface area contributed by atoms with E-state index in [1.807, 2.05) is 0 Å². The van der Waals surface area contributed by atoms with Gasteiger partial charge >= 0.3 is 16.4 Å². The number of carbonyl (C=O) groups is 2. The molecule has 0 aliphatic rings. The van der Waals surface area contributed by atoms with Crippen molar-refractivity contribution >= 4 is 22.3 Å². The van der Waals surface area contributed by atoms with E-state index < -0.39 is 28.7 Å². The lowest BCUT2D eigenvalue weighted by Crippen LogP contribution is -2.16. The van der Waals surface area contributed by atoms with E-state index in [2.05, 4.69) is 23.1 Å². The van der Waals surface area contributed by atoms with Crippen LogP contribution in [-0.2, 0) is 28.9 Å². The molecule has 0 saturated carbocycles. The molecule has 8 nitrogen and oxygen atoms in total. The Hall–Kier alpha value is -1.71. The molecule has 19 heavy (non-hydrogen) atoms. The zero-order valence-electron chi connectivity index (χ0n) is 10.3. The molecular formula is C10H17NO7S. The molecule has 0 unspecified atom stereocenters. The molecule has 0 aliphatic carbocycles. The molecule has 0 aliphatic heterocycles. The Kier molecular flexibility index (Phi) is 11.8. The first-order chi connectivity index (χ1) is 8.72. The van der Waals surface area contributed by atoms with Crippen LogP contribution in [0.5, 0.6) is 0 Å². The van der Waals surface area contributed by atoms with Crippen LogP contribution in [-0.4, -0.2) is 38.1 Å². The van der Waals surface area contributed by atoms with Crippen molar-refractivity contribution < 1.29 is 31.5 Å². The van der Waals surface area contributed by atoms with Crippen molar-refractivity contribution in [2.75, 3.05) is 13.2 Å². The van der Waals surface area contributed by atoms with Crippen LogP contribution in [0.2, 0.25) is 0 Å². The molecule has 0 rings (SSSR count). The summed E-state index contributed by atoms with van der Waals surface area (Å²) >= 11 is 0. The van der Waals surface area contributed by atoms with Crippen LogP contribution in [0.25, 0.3) is 0 Å². The Morgan fingerprint density at radius 3 is 1.95 bits per heavy atom. The summed E-state index contributed by atoms with van der Waals surface area (Å²) in [5.41, 5.74) is 4.65. The quantitative estimate of drug-likeness (QED) is 0.365. The molecule has 0 aromatic carbocycles. The Labute approximate surface area is 111 Å². The zero-order chi connectivity index (χ0) is 15.3. The van der Waals surface area contributed by atoms with Gasteiger partial charge < -0.3 is 14.7 Å². The molecule has 0 saturated heterocycles. The molecular weight excluding hydrogens is 278 g/mol. The van der Waals surface area contributed by atoms with Crippen LogP contribution < -0.4 is 5.73 Å². The van der Waals surface area contributed by atoms with Crippen LogP contribution in [0.1, 0.15) is 12.8 Å². The molecule has 110 valence electrons. The third-order valence-electron chi connectivity index (χ3n) is 1.25. The van der Waals surface area contributed by atoms with Crippen molar-refractivity contribution in [3.63, 3.8) is 0 Å². The van der Waals surface area contributed by atoms with E-state index in [1.54, 1.807) is 12.2 Å². The number of hydrogen-bond acceptors (Lipinski definition) is 6. The molecule has 3 N–H and O–H groups in total. The minimum Gasteiger partial charge on any atom is -0.373 e. The highest BCUT2D eigenvalue weighted by Crippen LogP contribution is 1.95. The average molecular weight is 295 g/mol. The van der Waals surface area contributed by atoms with Crippen LogP contribution >= 0.6 is 0 Å². The summed E-state index contributed by atoms with van der Waals surface area (Å²) in [4.78, 5) is 20.5. The standard InChI is InChI=1S/C6H10O.C4H7NO6S/c1-3-5-7-6-4-2;5-3(6)1-2-4(7)11-12(8,9)10/h3-4H,1-2,5-6H2;1-2H2,(H2,5,6)(H,8,9,10). The minimum absolute atomic E-state index is 0.325. The molecule has 1 amide bonds. The Balaban J connectivity index is 0. The smallest absolute Gasteiger partial charge is 0.373 e. The third-order valence-corrected chi connectivity index (χ3v) is 1.64. The first-order valence-electron chi connectivity index (χ1n) is 5.00. The minimum atomic E-state index is -4.77. The number of rotatable bonds is 8. The molecule has 0 aromatic heterocycles. The van der Waals surface area contributed by atoms with Gasteiger partial charge in [-0.3, -0.25) is 14.1 Å². The largest absolute Gasteiger partial charge is 0.448 e.